The molecule has 0 bridgehead atoms. The number of nitrogens with one attached hydrogen (secondary N) is 2. The van der Waals surface area contributed by atoms with Gasteiger partial charge in [0.1, 0.15) is 0 Å². The molecular formula is C19H24N4O4. The summed E-state index contributed by atoms with van der Waals surface area (Å²) in [6, 6.07) is 5.35. The van der Waals surface area contributed by atoms with Crippen molar-refractivity contribution < 1.29 is 19.2 Å². The van der Waals surface area contributed by atoms with Gasteiger partial charge in [-0.25, -0.2) is 0 Å². The monoisotopic (exact) mass is 372 g/mol. The third-order valence-corrected chi connectivity index (χ3v) is 5.25. The van der Waals surface area contributed by atoms with Gasteiger partial charge in [-0.1, -0.05) is 6.07 Å². The number of fused-ring (bicyclic) bond motifs is 1. The number of amides is 4. The molecule has 3 rings (SSSR count). The van der Waals surface area contributed by atoms with Gasteiger partial charge >= 0.3 is 11.8 Å². The SMILES string of the molecule is CC(=O)N(C)C1CCN(C(=O)C(=O)Nc2ccc3c(c2)NC(=O)CC3)CC1. The molecule has 27 heavy (non-hydrogen) atoms. The highest BCUT2D eigenvalue weighted by Crippen LogP contribution is 2.26. The summed E-state index contributed by atoms with van der Waals surface area (Å²) in [7, 11) is 1.76. The molecule has 0 saturated carbocycles. The highest BCUT2D eigenvalue weighted by Gasteiger charge is 2.29. The maximum Gasteiger partial charge on any atom is 0.313 e. The largest absolute Gasteiger partial charge is 0.343 e. The van der Waals surface area contributed by atoms with Crippen molar-refractivity contribution >= 4 is 35.0 Å². The average molecular weight is 372 g/mol. The zero-order valence-corrected chi connectivity index (χ0v) is 15.6. The van der Waals surface area contributed by atoms with Crippen molar-refractivity contribution in [1.29, 1.82) is 0 Å². The van der Waals surface area contributed by atoms with E-state index in [4.69, 9.17) is 0 Å². The van der Waals surface area contributed by atoms with Gasteiger partial charge in [0.05, 0.1) is 0 Å². The van der Waals surface area contributed by atoms with E-state index in [1.807, 2.05) is 6.07 Å². The lowest BCUT2D eigenvalue weighted by atomic mass is 10.0. The van der Waals surface area contributed by atoms with Crippen molar-refractivity contribution in [2.24, 2.45) is 0 Å². The minimum atomic E-state index is -0.699. The number of carbonyl (C=O) groups is 4. The van der Waals surface area contributed by atoms with Gasteiger partial charge in [0.15, 0.2) is 0 Å². The maximum atomic E-state index is 12.4. The van der Waals surface area contributed by atoms with E-state index in [2.05, 4.69) is 10.6 Å². The lowest BCUT2D eigenvalue weighted by molar-refractivity contribution is -0.144. The van der Waals surface area contributed by atoms with Crippen molar-refractivity contribution in [2.45, 2.75) is 38.6 Å². The zero-order chi connectivity index (χ0) is 19.6. The average Bonchev–Trinajstić information content (AvgIpc) is 2.66. The van der Waals surface area contributed by atoms with Crippen molar-refractivity contribution in [1.82, 2.24) is 9.80 Å². The van der Waals surface area contributed by atoms with Crippen LogP contribution in [0.1, 0.15) is 31.7 Å². The summed E-state index contributed by atoms with van der Waals surface area (Å²) in [5.41, 5.74) is 2.15. The minimum absolute atomic E-state index is 0.00276. The lowest BCUT2D eigenvalue weighted by Gasteiger charge is -2.36. The number of anilines is 2. The molecule has 0 atom stereocenters. The van der Waals surface area contributed by atoms with Gasteiger partial charge in [0.2, 0.25) is 11.8 Å². The van der Waals surface area contributed by atoms with Crippen LogP contribution in [0.4, 0.5) is 11.4 Å². The predicted octanol–water partition coefficient (Wildman–Crippen LogP) is 0.979. The molecule has 4 amide bonds. The summed E-state index contributed by atoms with van der Waals surface area (Å²) in [6.45, 7) is 2.40. The Hall–Kier alpha value is -2.90. The molecule has 2 aliphatic rings. The summed E-state index contributed by atoms with van der Waals surface area (Å²) in [4.78, 5) is 50.9. The molecule has 0 aromatic heterocycles. The zero-order valence-electron chi connectivity index (χ0n) is 15.6. The second-order valence-electron chi connectivity index (χ2n) is 7.03. The molecule has 144 valence electrons. The number of hydrogen-bond donors (Lipinski definition) is 2. The summed E-state index contributed by atoms with van der Waals surface area (Å²) in [5.74, 6) is -1.34. The van der Waals surface area contributed by atoms with Crippen molar-refractivity contribution in [3.63, 3.8) is 0 Å². The summed E-state index contributed by atoms with van der Waals surface area (Å²) < 4.78 is 0. The Morgan fingerprint density at radius 2 is 1.89 bits per heavy atom. The van der Waals surface area contributed by atoms with Crippen molar-refractivity contribution in [2.75, 3.05) is 30.8 Å². The van der Waals surface area contributed by atoms with E-state index < -0.39 is 11.8 Å². The van der Waals surface area contributed by atoms with Gasteiger partial charge in [-0.3, -0.25) is 19.2 Å². The number of hydrogen-bond acceptors (Lipinski definition) is 4. The number of benzene rings is 1. The number of rotatable bonds is 2. The first-order chi connectivity index (χ1) is 12.8. The highest BCUT2D eigenvalue weighted by atomic mass is 16.2. The molecule has 2 heterocycles. The van der Waals surface area contributed by atoms with Crippen LogP contribution in [0.25, 0.3) is 0 Å². The molecule has 2 aliphatic heterocycles. The van der Waals surface area contributed by atoms with Crippen LogP contribution >= 0.6 is 0 Å². The molecule has 1 aromatic carbocycles. The van der Waals surface area contributed by atoms with Gasteiger partial charge in [0.25, 0.3) is 0 Å². The van der Waals surface area contributed by atoms with Crippen LogP contribution in [0, 0.1) is 0 Å². The fraction of sp³-hybridized carbons (Fsp3) is 0.474. The van der Waals surface area contributed by atoms with Crippen LogP contribution < -0.4 is 10.6 Å². The number of piperidine rings is 1. The Morgan fingerprint density at radius 3 is 2.56 bits per heavy atom. The van der Waals surface area contributed by atoms with Gasteiger partial charge in [-0.15, -0.1) is 0 Å². The van der Waals surface area contributed by atoms with Crippen LogP contribution in [-0.2, 0) is 25.6 Å². The second kappa shape index (κ2) is 7.77. The Bertz CT molecular complexity index is 784. The third-order valence-electron chi connectivity index (χ3n) is 5.25. The smallest absolute Gasteiger partial charge is 0.313 e. The summed E-state index contributed by atoms with van der Waals surface area (Å²) in [6.07, 6.45) is 2.42. The standard InChI is InChI=1S/C19H24N4O4/c1-12(24)22(2)15-7-9-23(10-8-15)19(27)18(26)20-14-5-3-13-4-6-17(25)21-16(13)11-14/h3,5,11,15H,4,6-10H2,1-2H3,(H,20,26)(H,21,25). The Labute approximate surface area is 157 Å². The van der Waals surface area contributed by atoms with Gasteiger partial charge < -0.3 is 20.4 Å². The van der Waals surface area contributed by atoms with Crippen molar-refractivity contribution in [3.05, 3.63) is 23.8 Å². The van der Waals surface area contributed by atoms with E-state index in [0.29, 0.717) is 50.1 Å². The molecule has 0 unspecified atom stereocenters. The molecular weight excluding hydrogens is 348 g/mol. The number of carbonyl (C=O) groups excluding carboxylic acids is 4. The van der Waals surface area contributed by atoms with E-state index in [9.17, 15) is 19.2 Å². The molecule has 1 aromatic rings. The summed E-state index contributed by atoms with van der Waals surface area (Å²) in [5, 5.41) is 5.38. The normalized spacial score (nSPS) is 17.0. The van der Waals surface area contributed by atoms with E-state index in [0.717, 1.165) is 5.56 Å². The third kappa shape index (κ3) is 4.27. The van der Waals surface area contributed by atoms with Crippen LogP contribution in [0.3, 0.4) is 0 Å². The number of aryl methyl sites for hydroxylation is 1. The van der Waals surface area contributed by atoms with Crippen LogP contribution in [-0.4, -0.2) is 59.6 Å². The fourth-order valence-electron chi connectivity index (χ4n) is 3.49. The van der Waals surface area contributed by atoms with E-state index in [1.54, 1.807) is 24.1 Å². The minimum Gasteiger partial charge on any atom is -0.343 e. The Kier molecular flexibility index (Phi) is 5.43. The van der Waals surface area contributed by atoms with E-state index in [-0.39, 0.29) is 17.9 Å². The lowest BCUT2D eigenvalue weighted by Crippen LogP contribution is -2.49. The molecule has 1 saturated heterocycles. The van der Waals surface area contributed by atoms with E-state index >= 15 is 0 Å². The Balaban J connectivity index is 1.57. The van der Waals surface area contributed by atoms with Crippen LogP contribution in [0.2, 0.25) is 0 Å². The first kappa shape index (κ1) is 18.9. The van der Waals surface area contributed by atoms with E-state index in [1.165, 1.54) is 11.8 Å². The van der Waals surface area contributed by atoms with Gasteiger partial charge in [-0.2, -0.15) is 0 Å². The molecule has 2 N–H and O–H groups in total. The maximum absolute atomic E-state index is 12.4. The second-order valence-corrected chi connectivity index (χ2v) is 7.03. The fourth-order valence-corrected chi connectivity index (χ4v) is 3.49. The topological polar surface area (TPSA) is 98.8 Å². The highest BCUT2D eigenvalue weighted by molar-refractivity contribution is 6.39. The molecule has 0 aliphatic carbocycles. The summed E-state index contributed by atoms with van der Waals surface area (Å²) >= 11 is 0. The van der Waals surface area contributed by atoms with Gasteiger partial charge in [0, 0.05) is 50.9 Å². The van der Waals surface area contributed by atoms with Gasteiger partial charge in [-0.05, 0) is 37.0 Å². The molecule has 0 spiro atoms. The Morgan fingerprint density at radius 1 is 1.19 bits per heavy atom. The molecule has 8 heteroatoms. The quantitative estimate of drug-likeness (QED) is 0.756. The molecule has 8 nitrogen and oxygen atoms in total. The number of nitrogens with zero attached hydrogens (tertiary/aromatic N) is 2. The van der Waals surface area contributed by atoms with Crippen molar-refractivity contribution in [3.8, 4) is 0 Å². The molecule has 1 fully saturated rings. The van der Waals surface area contributed by atoms with Crippen LogP contribution in [0.15, 0.2) is 18.2 Å². The predicted molar refractivity (Wildman–Crippen MR) is 100 cm³/mol. The van der Waals surface area contributed by atoms with Crippen LogP contribution in [0.5, 0.6) is 0 Å². The number of likely N-dealkylation sites (tertiary alicyclic amines) is 1. The first-order valence-corrected chi connectivity index (χ1v) is 9.11. The first-order valence-electron chi connectivity index (χ1n) is 9.11. The molecule has 0 radical (unpaired) electrons.